The standard InChI is InChI=1S/C24H30O2/c1-23-12-10-20-19-9-7-18(25)14-17(19)6-8-21(20)22(23)11-13-24(23,26)15-16-4-2-3-5-16/h2-4,7,9,14,20-22,25-26H,5-6,8,10-13,15H2,1H3/t20-,21-,22+,23+,24-/m1/s1. The van der Waals surface area contributed by atoms with Crippen molar-refractivity contribution in [3.05, 3.63) is 53.1 Å². The quantitative estimate of drug-likeness (QED) is 0.764. The second-order valence-electron chi connectivity index (χ2n) is 9.46. The molecule has 2 fully saturated rings. The second-order valence-corrected chi connectivity index (χ2v) is 9.46. The first kappa shape index (κ1) is 16.6. The zero-order valence-corrected chi connectivity index (χ0v) is 15.7. The first-order valence-electron chi connectivity index (χ1n) is 10.4. The molecule has 2 heteroatoms. The molecule has 0 saturated heterocycles. The molecule has 0 aliphatic heterocycles. The molecule has 1 aromatic rings. The Bertz CT molecular complexity index is 791. The van der Waals surface area contributed by atoms with Crippen molar-refractivity contribution < 1.29 is 10.2 Å². The highest BCUT2D eigenvalue weighted by molar-refractivity contribution is 5.40. The molecule has 1 aromatic carbocycles. The van der Waals surface area contributed by atoms with E-state index in [2.05, 4.69) is 31.2 Å². The Balaban J connectivity index is 1.44. The van der Waals surface area contributed by atoms with Crippen molar-refractivity contribution in [2.24, 2.45) is 17.3 Å². The van der Waals surface area contributed by atoms with Crippen LogP contribution in [-0.4, -0.2) is 15.8 Å². The highest BCUT2D eigenvalue weighted by atomic mass is 16.3. The van der Waals surface area contributed by atoms with Crippen LogP contribution in [-0.2, 0) is 6.42 Å². The summed E-state index contributed by atoms with van der Waals surface area (Å²) in [6.07, 6.45) is 15.1. The van der Waals surface area contributed by atoms with Crippen molar-refractivity contribution in [1.82, 2.24) is 0 Å². The monoisotopic (exact) mass is 350 g/mol. The Kier molecular flexibility index (Phi) is 3.66. The molecule has 4 aliphatic carbocycles. The third kappa shape index (κ3) is 2.27. The van der Waals surface area contributed by atoms with Crippen LogP contribution < -0.4 is 0 Å². The van der Waals surface area contributed by atoms with Gasteiger partial charge in [0.1, 0.15) is 5.75 Å². The summed E-state index contributed by atoms with van der Waals surface area (Å²) < 4.78 is 0. The smallest absolute Gasteiger partial charge is 0.115 e. The molecule has 0 heterocycles. The summed E-state index contributed by atoms with van der Waals surface area (Å²) in [7, 11) is 0. The molecule has 2 nitrogen and oxygen atoms in total. The van der Waals surface area contributed by atoms with E-state index < -0.39 is 5.60 Å². The molecule has 2 N–H and O–H groups in total. The van der Waals surface area contributed by atoms with Gasteiger partial charge in [0.2, 0.25) is 0 Å². The van der Waals surface area contributed by atoms with Crippen molar-refractivity contribution >= 4 is 0 Å². The van der Waals surface area contributed by atoms with Gasteiger partial charge in [-0.05, 0) is 97.8 Å². The fourth-order valence-corrected chi connectivity index (χ4v) is 6.97. The number of hydrogen-bond donors (Lipinski definition) is 2. The molecule has 4 aliphatic rings. The van der Waals surface area contributed by atoms with Crippen molar-refractivity contribution in [2.75, 3.05) is 0 Å². The van der Waals surface area contributed by atoms with Crippen LogP contribution in [0.2, 0.25) is 0 Å². The van der Waals surface area contributed by atoms with Gasteiger partial charge >= 0.3 is 0 Å². The lowest BCUT2D eigenvalue weighted by Crippen LogP contribution is -2.51. The number of phenols is 1. The molecule has 0 unspecified atom stereocenters. The van der Waals surface area contributed by atoms with E-state index in [1.807, 2.05) is 12.1 Å². The number of aromatic hydroxyl groups is 1. The van der Waals surface area contributed by atoms with Crippen molar-refractivity contribution in [3.8, 4) is 5.75 Å². The van der Waals surface area contributed by atoms with E-state index in [9.17, 15) is 10.2 Å². The SMILES string of the molecule is C[C@]12CC[C@@H]3c4ccc(O)cc4CC[C@H]3[C@@H]1CC[C@@]2(O)CC1=CC=CC1. The first-order valence-corrected chi connectivity index (χ1v) is 10.4. The van der Waals surface area contributed by atoms with E-state index in [0.29, 0.717) is 23.5 Å². The molecular formula is C24H30O2. The first-order chi connectivity index (χ1) is 12.5. The van der Waals surface area contributed by atoms with Gasteiger partial charge in [0.15, 0.2) is 0 Å². The second kappa shape index (κ2) is 5.73. The average Bonchev–Trinajstić information content (AvgIpc) is 3.21. The maximum absolute atomic E-state index is 11.7. The Morgan fingerprint density at radius 2 is 2.04 bits per heavy atom. The number of aliphatic hydroxyl groups is 1. The minimum absolute atomic E-state index is 0.0476. The lowest BCUT2D eigenvalue weighted by molar-refractivity contribution is -0.102. The van der Waals surface area contributed by atoms with Gasteiger partial charge in [-0.3, -0.25) is 0 Å². The topological polar surface area (TPSA) is 40.5 Å². The zero-order chi connectivity index (χ0) is 17.9. The number of rotatable bonds is 2. The van der Waals surface area contributed by atoms with E-state index >= 15 is 0 Å². The van der Waals surface area contributed by atoms with Gasteiger partial charge in [0, 0.05) is 0 Å². The van der Waals surface area contributed by atoms with Gasteiger partial charge in [-0.25, -0.2) is 0 Å². The van der Waals surface area contributed by atoms with Crippen LogP contribution in [0.15, 0.2) is 42.0 Å². The van der Waals surface area contributed by atoms with E-state index in [-0.39, 0.29) is 5.41 Å². The van der Waals surface area contributed by atoms with Gasteiger partial charge in [-0.15, -0.1) is 0 Å². The number of benzene rings is 1. The zero-order valence-electron chi connectivity index (χ0n) is 15.7. The molecule has 5 rings (SSSR count). The summed E-state index contributed by atoms with van der Waals surface area (Å²) in [5.41, 5.74) is 3.74. The Morgan fingerprint density at radius 1 is 1.15 bits per heavy atom. The molecule has 0 spiro atoms. The maximum Gasteiger partial charge on any atom is 0.115 e. The molecule has 0 bridgehead atoms. The molecule has 26 heavy (non-hydrogen) atoms. The predicted molar refractivity (Wildman–Crippen MR) is 104 cm³/mol. The molecule has 0 radical (unpaired) electrons. The summed E-state index contributed by atoms with van der Waals surface area (Å²) in [5.74, 6) is 2.34. The van der Waals surface area contributed by atoms with Gasteiger partial charge in [0.05, 0.1) is 5.60 Å². The van der Waals surface area contributed by atoms with Crippen LogP contribution in [0.1, 0.15) is 68.9 Å². The Hall–Kier alpha value is -1.54. The predicted octanol–water partition coefficient (Wildman–Crippen LogP) is 5.26. The van der Waals surface area contributed by atoms with Crippen molar-refractivity contribution in [3.63, 3.8) is 0 Å². The van der Waals surface area contributed by atoms with Crippen molar-refractivity contribution in [1.29, 1.82) is 0 Å². The number of fused-ring (bicyclic) bond motifs is 5. The minimum Gasteiger partial charge on any atom is -0.508 e. The Morgan fingerprint density at radius 3 is 2.85 bits per heavy atom. The number of phenolic OH excluding ortho intramolecular Hbond substituents is 1. The highest BCUT2D eigenvalue weighted by Crippen LogP contribution is 2.65. The summed E-state index contributed by atoms with van der Waals surface area (Å²) in [4.78, 5) is 0. The summed E-state index contributed by atoms with van der Waals surface area (Å²) in [6.45, 7) is 2.39. The van der Waals surface area contributed by atoms with Crippen molar-refractivity contribution in [2.45, 2.75) is 69.8 Å². The highest BCUT2D eigenvalue weighted by Gasteiger charge is 2.61. The lowest BCUT2D eigenvalue weighted by atomic mass is 9.52. The lowest BCUT2D eigenvalue weighted by Gasteiger charge is -2.53. The van der Waals surface area contributed by atoms with Crippen LogP contribution in [0.4, 0.5) is 0 Å². The van der Waals surface area contributed by atoms with E-state index in [1.165, 1.54) is 36.0 Å². The summed E-state index contributed by atoms with van der Waals surface area (Å²) in [6, 6.07) is 6.00. The molecular weight excluding hydrogens is 320 g/mol. The normalized spacial score (nSPS) is 40.7. The molecule has 2 saturated carbocycles. The van der Waals surface area contributed by atoms with Gasteiger partial charge in [0.25, 0.3) is 0 Å². The maximum atomic E-state index is 11.7. The molecule has 0 aromatic heterocycles. The van der Waals surface area contributed by atoms with Crippen LogP contribution in [0.3, 0.4) is 0 Å². The van der Waals surface area contributed by atoms with Gasteiger partial charge in [-0.2, -0.15) is 0 Å². The van der Waals surface area contributed by atoms with Crippen LogP contribution in [0, 0.1) is 17.3 Å². The largest absolute Gasteiger partial charge is 0.508 e. The van der Waals surface area contributed by atoms with E-state index in [1.54, 1.807) is 0 Å². The third-order valence-corrected chi connectivity index (χ3v) is 8.40. The van der Waals surface area contributed by atoms with E-state index in [4.69, 9.17) is 0 Å². The fourth-order valence-electron chi connectivity index (χ4n) is 6.97. The summed E-state index contributed by atoms with van der Waals surface area (Å²) >= 11 is 0. The Labute approximate surface area is 156 Å². The number of aryl methyl sites for hydroxylation is 1. The average molecular weight is 351 g/mol. The fraction of sp³-hybridized carbons (Fsp3) is 0.583. The number of hydrogen-bond acceptors (Lipinski definition) is 2. The van der Waals surface area contributed by atoms with Crippen LogP contribution in [0.25, 0.3) is 0 Å². The van der Waals surface area contributed by atoms with Crippen LogP contribution >= 0.6 is 0 Å². The van der Waals surface area contributed by atoms with E-state index in [0.717, 1.165) is 32.1 Å². The summed E-state index contributed by atoms with van der Waals surface area (Å²) in [5, 5.41) is 21.6. The third-order valence-electron chi connectivity index (χ3n) is 8.40. The molecule has 0 amide bonds. The molecule has 5 atom stereocenters. The molecule has 138 valence electrons. The van der Waals surface area contributed by atoms with Crippen LogP contribution in [0.5, 0.6) is 5.75 Å². The minimum atomic E-state index is -0.532. The van der Waals surface area contributed by atoms with Gasteiger partial charge in [-0.1, -0.05) is 36.8 Å². The number of allylic oxidation sites excluding steroid dienone is 3. The van der Waals surface area contributed by atoms with Gasteiger partial charge < -0.3 is 10.2 Å².